The average molecular weight is 421 g/mol. The van der Waals surface area contributed by atoms with E-state index in [-0.39, 0.29) is 23.9 Å². The summed E-state index contributed by atoms with van der Waals surface area (Å²) in [6, 6.07) is 12.1. The number of ether oxygens (including phenoxy) is 1. The van der Waals surface area contributed by atoms with Crippen LogP contribution in [0.1, 0.15) is 17.3 Å². The number of aromatic nitrogens is 2. The van der Waals surface area contributed by atoms with Crippen molar-refractivity contribution in [3.8, 4) is 5.75 Å². The first-order valence-electron chi connectivity index (χ1n) is 9.36. The molecule has 152 valence electrons. The lowest BCUT2D eigenvalue weighted by Crippen LogP contribution is -2.26. The number of hydrogen-bond donors (Lipinski definition) is 1. The minimum absolute atomic E-state index is 0.0407. The minimum atomic E-state index is -0.507. The summed E-state index contributed by atoms with van der Waals surface area (Å²) >= 11 is 1.22. The zero-order valence-electron chi connectivity index (χ0n) is 16.3. The number of nitrogens with one attached hydrogen (secondary N) is 1. The summed E-state index contributed by atoms with van der Waals surface area (Å²) in [5.74, 6) is 0.126. The Morgan fingerprint density at radius 3 is 2.93 bits per heavy atom. The van der Waals surface area contributed by atoms with E-state index in [9.17, 15) is 14.4 Å². The van der Waals surface area contributed by atoms with Crippen molar-refractivity contribution in [2.24, 2.45) is 0 Å². The maximum Gasteiger partial charge on any atom is 0.262 e. The Morgan fingerprint density at radius 2 is 2.13 bits per heavy atom. The molecule has 30 heavy (non-hydrogen) atoms. The Labute approximate surface area is 176 Å². The van der Waals surface area contributed by atoms with Crippen molar-refractivity contribution in [1.29, 1.82) is 0 Å². The number of thioether (sulfide) groups is 1. The van der Waals surface area contributed by atoms with Gasteiger partial charge in [0.15, 0.2) is 17.5 Å². The summed E-state index contributed by atoms with van der Waals surface area (Å²) in [7, 11) is 0. The van der Waals surface area contributed by atoms with Crippen LogP contribution in [0.3, 0.4) is 0 Å². The van der Waals surface area contributed by atoms with Crippen LogP contribution in [0.15, 0.2) is 65.1 Å². The molecule has 2 heterocycles. The number of para-hydroxylation sites is 1. The number of nitrogens with zero attached hydrogens (tertiary/aromatic N) is 2. The molecule has 0 radical (unpaired) electrons. The SMILES string of the molecule is C=CCn1c(S[C@@H](C)C(=O)c2ccc3c(c2)NC(=O)CO3)nc2ccccc2c1=O. The predicted molar refractivity (Wildman–Crippen MR) is 116 cm³/mol. The summed E-state index contributed by atoms with van der Waals surface area (Å²) in [4.78, 5) is 42.0. The third kappa shape index (κ3) is 3.73. The molecule has 0 saturated heterocycles. The second-order valence-corrected chi connectivity index (χ2v) is 8.10. The lowest BCUT2D eigenvalue weighted by molar-refractivity contribution is -0.118. The van der Waals surface area contributed by atoms with Gasteiger partial charge in [-0.2, -0.15) is 0 Å². The van der Waals surface area contributed by atoms with Gasteiger partial charge in [0.25, 0.3) is 11.5 Å². The van der Waals surface area contributed by atoms with Crippen LogP contribution in [0, 0.1) is 0 Å². The minimum Gasteiger partial charge on any atom is -0.482 e. The van der Waals surface area contributed by atoms with Gasteiger partial charge in [-0.3, -0.25) is 19.0 Å². The number of anilines is 1. The van der Waals surface area contributed by atoms with Crippen molar-refractivity contribution in [3.05, 3.63) is 71.0 Å². The number of carbonyl (C=O) groups excluding carboxylic acids is 2. The molecule has 8 heteroatoms. The first-order chi connectivity index (χ1) is 14.5. The van der Waals surface area contributed by atoms with E-state index in [0.717, 1.165) is 0 Å². The molecular weight excluding hydrogens is 402 g/mol. The molecule has 4 rings (SSSR count). The zero-order chi connectivity index (χ0) is 21.3. The molecule has 1 atom stereocenters. The highest BCUT2D eigenvalue weighted by Crippen LogP contribution is 2.31. The number of amides is 1. The number of benzene rings is 2. The second-order valence-electron chi connectivity index (χ2n) is 6.79. The highest BCUT2D eigenvalue weighted by molar-refractivity contribution is 8.00. The molecule has 1 N–H and O–H groups in total. The molecule has 0 spiro atoms. The number of carbonyl (C=O) groups is 2. The quantitative estimate of drug-likeness (QED) is 0.284. The fourth-order valence-corrected chi connectivity index (χ4v) is 4.21. The van der Waals surface area contributed by atoms with Crippen LogP contribution in [0.2, 0.25) is 0 Å². The third-order valence-electron chi connectivity index (χ3n) is 4.69. The third-order valence-corrected chi connectivity index (χ3v) is 5.78. The van der Waals surface area contributed by atoms with E-state index < -0.39 is 5.25 Å². The fourth-order valence-electron chi connectivity index (χ4n) is 3.21. The molecule has 0 unspecified atom stereocenters. The van der Waals surface area contributed by atoms with Crippen LogP contribution < -0.4 is 15.6 Å². The highest BCUT2D eigenvalue weighted by Gasteiger charge is 2.23. The predicted octanol–water partition coefficient (Wildman–Crippen LogP) is 3.28. The van der Waals surface area contributed by atoms with Gasteiger partial charge in [-0.25, -0.2) is 4.98 Å². The number of ketones is 1. The Morgan fingerprint density at radius 1 is 1.33 bits per heavy atom. The van der Waals surface area contributed by atoms with Gasteiger partial charge in [0.1, 0.15) is 5.75 Å². The summed E-state index contributed by atoms with van der Waals surface area (Å²) in [6.07, 6.45) is 1.63. The standard InChI is InChI=1S/C22H19N3O4S/c1-3-10-25-21(28)15-6-4-5-7-16(15)24-22(25)30-13(2)20(27)14-8-9-18-17(11-14)23-19(26)12-29-18/h3-9,11,13H,1,10,12H2,2H3,(H,23,26)/t13-/m0/s1. The lowest BCUT2D eigenvalue weighted by atomic mass is 10.1. The van der Waals surface area contributed by atoms with Gasteiger partial charge in [-0.15, -0.1) is 6.58 Å². The lowest BCUT2D eigenvalue weighted by Gasteiger charge is -2.19. The number of fused-ring (bicyclic) bond motifs is 2. The van der Waals surface area contributed by atoms with E-state index in [2.05, 4.69) is 16.9 Å². The average Bonchev–Trinajstić information content (AvgIpc) is 2.75. The Bertz CT molecular complexity index is 1230. The van der Waals surface area contributed by atoms with Crippen molar-refractivity contribution in [3.63, 3.8) is 0 Å². The van der Waals surface area contributed by atoms with Crippen molar-refractivity contribution >= 4 is 40.0 Å². The van der Waals surface area contributed by atoms with Gasteiger partial charge < -0.3 is 10.1 Å². The van der Waals surface area contributed by atoms with E-state index in [1.165, 1.54) is 16.3 Å². The molecule has 1 aliphatic heterocycles. The molecule has 0 aliphatic carbocycles. The van der Waals surface area contributed by atoms with E-state index in [1.54, 1.807) is 49.4 Å². The van der Waals surface area contributed by atoms with Gasteiger partial charge >= 0.3 is 0 Å². The van der Waals surface area contributed by atoms with Crippen LogP contribution in [0.25, 0.3) is 10.9 Å². The summed E-state index contributed by atoms with van der Waals surface area (Å²) in [6.45, 7) is 5.74. The molecule has 0 bridgehead atoms. The van der Waals surface area contributed by atoms with Crippen molar-refractivity contribution in [2.75, 3.05) is 11.9 Å². The number of hydrogen-bond acceptors (Lipinski definition) is 6. The topological polar surface area (TPSA) is 90.3 Å². The summed E-state index contributed by atoms with van der Waals surface area (Å²) < 4.78 is 6.86. The molecule has 1 aliphatic rings. The van der Waals surface area contributed by atoms with Gasteiger partial charge in [0.05, 0.1) is 21.8 Å². The monoisotopic (exact) mass is 421 g/mol. The molecule has 0 saturated carbocycles. The molecular formula is C22H19N3O4S. The number of allylic oxidation sites excluding steroid dienone is 1. The number of rotatable bonds is 6. The molecule has 3 aromatic rings. The van der Waals surface area contributed by atoms with Crippen molar-refractivity contribution < 1.29 is 14.3 Å². The first kappa shape index (κ1) is 19.9. The maximum atomic E-state index is 13.0. The number of Topliss-reactive ketones (excluding diaryl/α,β-unsaturated/α-hetero) is 1. The van der Waals surface area contributed by atoms with Gasteiger partial charge in [0, 0.05) is 12.1 Å². The molecule has 1 aromatic heterocycles. The van der Waals surface area contributed by atoms with E-state index in [4.69, 9.17) is 4.74 Å². The summed E-state index contributed by atoms with van der Waals surface area (Å²) in [5.41, 5.74) is 1.33. The van der Waals surface area contributed by atoms with E-state index >= 15 is 0 Å². The van der Waals surface area contributed by atoms with Crippen LogP contribution in [0.5, 0.6) is 5.75 Å². The van der Waals surface area contributed by atoms with Crippen LogP contribution >= 0.6 is 11.8 Å². The fraction of sp³-hybridized carbons (Fsp3) is 0.182. The van der Waals surface area contributed by atoms with Gasteiger partial charge in [-0.1, -0.05) is 30.0 Å². The first-order valence-corrected chi connectivity index (χ1v) is 10.2. The Hall–Kier alpha value is -3.39. The molecule has 2 aromatic carbocycles. The molecule has 0 fully saturated rings. The molecule has 7 nitrogen and oxygen atoms in total. The van der Waals surface area contributed by atoms with Crippen LogP contribution in [0.4, 0.5) is 5.69 Å². The Balaban J connectivity index is 1.65. The van der Waals surface area contributed by atoms with Crippen LogP contribution in [-0.4, -0.2) is 33.1 Å². The maximum absolute atomic E-state index is 13.0. The highest BCUT2D eigenvalue weighted by atomic mass is 32.2. The van der Waals surface area contributed by atoms with E-state index in [1.807, 2.05) is 6.07 Å². The van der Waals surface area contributed by atoms with Crippen molar-refractivity contribution in [2.45, 2.75) is 23.9 Å². The normalized spacial score (nSPS) is 13.8. The van der Waals surface area contributed by atoms with Crippen LogP contribution in [-0.2, 0) is 11.3 Å². The second kappa shape index (κ2) is 8.16. The summed E-state index contributed by atoms with van der Waals surface area (Å²) in [5, 5.41) is 3.17. The zero-order valence-corrected chi connectivity index (χ0v) is 17.1. The Kier molecular flexibility index (Phi) is 5.41. The smallest absolute Gasteiger partial charge is 0.262 e. The van der Waals surface area contributed by atoms with Gasteiger partial charge in [0.2, 0.25) is 0 Å². The van der Waals surface area contributed by atoms with E-state index in [0.29, 0.717) is 39.6 Å². The van der Waals surface area contributed by atoms with Crippen molar-refractivity contribution in [1.82, 2.24) is 9.55 Å². The molecule has 1 amide bonds. The van der Waals surface area contributed by atoms with Gasteiger partial charge in [-0.05, 0) is 37.3 Å². The largest absolute Gasteiger partial charge is 0.482 e.